The van der Waals surface area contributed by atoms with Gasteiger partial charge in [-0.2, -0.15) is 4.80 Å². The third-order valence-electron chi connectivity index (χ3n) is 3.60. The molecule has 0 unspecified atom stereocenters. The molecule has 10 heteroatoms. The van der Waals surface area contributed by atoms with Gasteiger partial charge in [0.2, 0.25) is 5.82 Å². The number of carbonyl (C=O) groups excluding carboxylic acids is 2. The fourth-order valence-electron chi connectivity index (χ4n) is 2.21. The minimum absolute atomic E-state index is 0.0423. The molecular weight excluding hydrogens is 372 g/mol. The lowest BCUT2D eigenvalue weighted by atomic mass is 10.1. The van der Waals surface area contributed by atoms with Crippen molar-refractivity contribution in [3.63, 3.8) is 0 Å². The van der Waals surface area contributed by atoms with E-state index in [9.17, 15) is 18.4 Å². The van der Waals surface area contributed by atoms with E-state index in [-0.39, 0.29) is 12.2 Å². The van der Waals surface area contributed by atoms with Gasteiger partial charge in [-0.3, -0.25) is 4.79 Å². The summed E-state index contributed by atoms with van der Waals surface area (Å²) >= 11 is 0. The van der Waals surface area contributed by atoms with E-state index in [2.05, 4.69) is 20.7 Å². The highest BCUT2D eigenvalue weighted by atomic mass is 19.2. The molecule has 0 fully saturated rings. The number of nitrogens with one attached hydrogen (secondary N) is 1. The topological polar surface area (TPSA) is 99.0 Å². The maximum atomic E-state index is 13.1. The van der Waals surface area contributed by atoms with Crippen molar-refractivity contribution >= 4 is 17.6 Å². The van der Waals surface area contributed by atoms with E-state index in [0.717, 1.165) is 28.1 Å². The van der Waals surface area contributed by atoms with Crippen molar-refractivity contribution in [2.75, 3.05) is 11.9 Å². The maximum absolute atomic E-state index is 13.1. The number of aromatic nitrogens is 4. The van der Waals surface area contributed by atoms with Gasteiger partial charge in [-0.1, -0.05) is 29.8 Å². The molecule has 0 saturated carbocycles. The monoisotopic (exact) mass is 387 g/mol. The van der Waals surface area contributed by atoms with Gasteiger partial charge in [0.05, 0.1) is 0 Å². The molecule has 144 valence electrons. The van der Waals surface area contributed by atoms with E-state index in [0.29, 0.717) is 5.82 Å². The Morgan fingerprint density at radius 2 is 1.86 bits per heavy atom. The van der Waals surface area contributed by atoms with Gasteiger partial charge >= 0.3 is 5.97 Å². The third kappa shape index (κ3) is 4.93. The van der Waals surface area contributed by atoms with Gasteiger partial charge < -0.3 is 10.1 Å². The van der Waals surface area contributed by atoms with Gasteiger partial charge in [-0.05, 0) is 24.3 Å². The van der Waals surface area contributed by atoms with Crippen LogP contribution in [-0.2, 0) is 20.9 Å². The molecule has 0 aliphatic heterocycles. The van der Waals surface area contributed by atoms with Crippen LogP contribution in [0.3, 0.4) is 0 Å². The van der Waals surface area contributed by atoms with Crippen LogP contribution in [0.4, 0.5) is 14.5 Å². The van der Waals surface area contributed by atoms with E-state index >= 15 is 0 Å². The van der Waals surface area contributed by atoms with Crippen LogP contribution >= 0.6 is 0 Å². The smallest absolute Gasteiger partial charge is 0.330 e. The van der Waals surface area contributed by atoms with Crippen LogP contribution in [0.15, 0.2) is 42.5 Å². The molecule has 28 heavy (non-hydrogen) atoms. The summed E-state index contributed by atoms with van der Waals surface area (Å²) in [7, 11) is 0. The summed E-state index contributed by atoms with van der Waals surface area (Å²) in [6, 6.07) is 10.3. The number of tetrazole rings is 1. The first kappa shape index (κ1) is 19.1. The number of amides is 1. The number of hydrogen-bond donors (Lipinski definition) is 1. The van der Waals surface area contributed by atoms with E-state index < -0.39 is 30.1 Å². The number of rotatable bonds is 6. The molecule has 1 heterocycles. The van der Waals surface area contributed by atoms with Crippen molar-refractivity contribution in [2.45, 2.75) is 13.5 Å². The molecule has 1 amide bonds. The third-order valence-corrected chi connectivity index (χ3v) is 3.60. The van der Waals surface area contributed by atoms with Crippen LogP contribution in [0.5, 0.6) is 0 Å². The van der Waals surface area contributed by atoms with E-state index in [1.807, 2.05) is 31.2 Å². The lowest BCUT2D eigenvalue weighted by Gasteiger charge is -2.06. The van der Waals surface area contributed by atoms with E-state index in [1.54, 1.807) is 0 Å². The van der Waals surface area contributed by atoms with Gasteiger partial charge in [0, 0.05) is 17.3 Å². The number of nitrogens with zero attached hydrogens (tertiary/aromatic N) is 4. The number of hydrogen-bond acceptors (Lipinski definition) is 6. The molecule has 2 aromatic carbocycles. The summed E-state index contributed by atoms with van der Waals surface area (Å²) in [6.45, 7) is 1.02. The molecule has 1 aromatic heterocycles. The first-order valence-corrected chi connectivity index (χ1v) is 8.16. The Bertz CT molecular complexity index is 1000. The number of anilines is 1. The van der Waals surface area contributed by atoms with Crippen molar-refractivity contribution in [1.29, 1.82) is 0 Å². The largest absolute Gasteiger partial charge is 0.454 e. The maximum Gasteiger partial charge on any atom is 0.330 e. The van der Waals surface area contributed by atoms with Crippen molar-refractivity contribution in [2.24, 2.45) is 0 Å². The number of halogens is 2. The SMILES string of the molecule is Cc1ccc(-c2nnn(CC(=O)OCC(=O)Nc3ccc(F)c(F)c3)n2)cc1. The lowest BCUT2D eigenvalue weighted by molar-refractivity contribution is -0.148. The molecule has 1 N–H and O–H groups in total. The van der Waals surface area contributed by atoms with Gasteiger partial charge in [-0.15, -0.1) is 10.2 Å². The van der Waals surface area contributed by atoms with E-state index in [1.165, 1.54) is 6.07 Å². The lowest BCUT2D eigenvalue weighted by Crippen LogP contribution is -2.23. The first-order chi connectivity index (χ1) is 13.4. The van der Waals surface area contributed by atoms with Gasteiger partial charge in [-0.25, -0.2) is 13.6 Å². The summed E-state index contributed by atoms with van der Waals surface area (Å²) < 4.78 is 30.8. The second-order valence-electron chi connectivity index (χ2n) is 5.85. The molecule has 0 radical (unpaired) electrons. The summed E-state index contributed by atoms with van der Waals surface area (Å²) in [5.74, 6) is -3.24. The Balaban J connectivity index is 1.49. The Labute approximate surface area is 158 Å². The normalized spacial score (nSPS) is 10.5. The van der Waals surface area contributed by atoms with Crippen LogP contribution in [-0.4, -0.2) is 38.7 Å². The average molecular weight is 387 g/mol. The molecule has 0 spiro atoms. The molecular formula is C18H15F2N5O3. The van der Waals surface area contributed by atoms with Crippen molar-refractivity contribution < 1.29 is 23.1 Å². The molecule has 0 aliphatic carbocycles. The van der Waals surface area contributed by atoms with Crippen molar-refractivity contribution in [1.82, 2.24) is 20.2 Å². The van der Waals surface area contributed by atoms with Crippen molar-refractivity contribution in [3.05, 3.63) is 59.7 Å². The molecule has 8 nitrogen and oxygen atoms in total. The van der Waals surface area contributed by atoms with Crippen molar-refractivity contribution in [3.8, 4) is 11.4 Å². The van der Waals surface area contributed by atoms with Crippen LogP contribution in [0, 0.1) is 18.6 Å². The molecule has 0 atom stereocenters. The number of esters is 1. The predicted octanol–water partition coefficient (Wildman–Crippen LogP) is 2.11. The summed E-state index contributed by atoms with van der Waals surface area (Å²) in [4.78, 5) is 24.6. The van der Waals surface area contributed by atoms with Gasteiger partial charge in [0.15, 0.2) is 24.8 Å². The Hall–Kier alpha value is -3.69. The fourth-order valence-corrected chi connectivity index (χ4v) is 2.21. The minimum Gasteiger partial charge on any atom is -0.454 e. The molecule has 0 aliphatic rings. The second-order valence-corrected chi connectivity index (χ2v) is 5.85. The van der Waals surface area contributed by atoms with Crippen LogP contribution in [0.25, 0.3) is 11.4 Å². The Morgan fingerprint density at radius 1 is 1.11 bits per heavy atom. The molecule has 3 rings (SSSR count). The number of ether oxygens (including phenoxy) is 1. The minimum atomic E-state index is -1.10. The van der Waals surface area contributed by atoms with Crippen LogP contribution in [0.2, 0.25) is 0 Å². The number of aryl methyl sites for hydroxylation is 1. The highest BCUT2D eigenvalue weighted by Gasteiger charge is 2.13. The number of benzene rings is 2. The zero-order chi connectivity index (χ0) is 20.1. The number of carbonyl (C=O) groups is 2. The molecule has 0 bridgehead atoms. The van der Waals surface area contributed by atoms with Crippen LogP contribution < -0.4 is 5.32 Å². The second kappa shape index (κ2) is 8.33. The molecule has 0 saturated heterocycles. The van der Waals surface area contributed by atoms with Crippen LogP contribution in [0.1, 0.15) is 5.56 Å². The van der Waals surface area contributed by atoms with E-state index in [4.69, 9.17) is 4.74 Å². The zero-order valence-electron chi connectivity index (χ0n) is 14.7. The summed E-state index contributed by atoms with van der Waals surface area (Å²) in [5, 5.41) is 14.0. The highest BCUT2D eigenvalue weighted by molar-refractivity contribution is 5.92. The van der Waals surface area contributed by atoms with Gasteiger partial charge in [0.25, 0.3) is 5.91 Å². The predicted molar refractivity (Wildman–Crippen MR) is 93.9 cm³/mol. The fraction of sp³-hybridized carbons (Fsp3) is 0.167. The molecule has 3 aromatic rings. The summed E-state index contributed by atoms with van der Waals surface area (Å²) in [5.41, 5.74) is 1.87. The Morgan fingerprint density at radius 3 is 2.57 bits per heavy atom. The standard InChI is InChI=1S/C18H15F2N5O3/c1-11-2-4-12(5-3-11)18-22-24-25(23-18)9-17(27)28-10-16(26)21-13-6-7-14(19)15(20)8-13/h2-8H,9-10H2,1H3,(H,21,26). The average Bonchev–Trinajstić information content (AvgIpc) is 3.12. The highest BCUT2D eigenvalue weighted by Crippen LogP contribution is 2.14. The zero-order valence-corrected chi connectivity index (χ0v) is 14.7. The Kier molecular flexibility index (Phi) is 5.68. The summed E-state index contributed by atoms with van der Waals surface area (Å²) in [6.07, 6.45) is 0. The van der Waals surface area contributed by atoms with Gasteiger partial charge in [0.1, 0.15) is 0 Å². The first-order valence-electron chi connectivity index (χ1n) is 8.16. The quantitative estimate of drug-likeness (QED) is 0.651.